The molecule has 1 aliphatic heterocycles. The van der Waals surface area contributed by atoms with Crippen molar-refractivity contribution in [2.45, 2.75) is 25.8 Å². The Kier molecular flexibility index (Phi) is 4.34. The van der Waals surface area contributed by atoms with Crippen molar-refractivity contribution < 1.29 is 0 Å². The fourth-order valence-electron chi connectivity index (χ4n) is 2.80. The van der Waals surface area contributed by atoms with Crippen LogP contribution in [-0.4, -0.2) is 22.6 Å². The third-order valence-electron chi connectivity index (χ3n) is 4.07. The van der Waals surface area contributed by atoms with Crippen LogP contribution in [0.2, 0.25) is 5.15 Å². The summed E-state index contributed by atoms with van der Waals surface area (Å²) in [6.07, 6.45) is 5.60. The number of imidazole rings is 1. The van der Waals surface area contributed by atoms with Crippen molar-refractivity contribution in [3.8, 4) is 0 Å². The average molecular weight is 305 g/mol. The Morgan fingerprint density at radius 2 is 1.95 bits per heavy atom. The molecule has 3 rings (SSSR count). The van der Waals surface area contributed by atoms with Gasteiger partial charge in [0.05, 0.1) is 24.1 Å². The second-order valence-electron chi connectivity index (χ2n) is 5.47. The SMILES string of the molecule is Cn1c(Cl)cnc1CNc1ccccc1N1CCCCC1. The van der Waals surface area contributed by atoms with Gasteiger partial charge in [-0.05, 0) is 31.4 Å². The lowest BCUT2D eigenvalue weighted by Gasteiger charge is -2.30. The van der Waals surface area contributed by atoms with Crippen LogP contribution in [0.5, 0.6) is 0 Å². The van der Waals surface area contributed by atoms with E-state index < -0.39 is 0 Å². The topological polar surface area (TPSA) is 33.1 Å². The van der Waals surface area contributed by atoms with E-state index in [2.05, 4.69) is 39.5 Å². The second-order valence-corrected chi connectivity index (χ2v) is 5.86. The maximum absolute atomic E-state index is 6.03. The summed E-state index contributed by atoms with van der Waals surface area (Å²) in [6.45, 7) is 2.97. The number of nitrogens with one attached hydrogen (secondary N) is 1. The van der Waals surface area contributed by atoms with Gasteiger partial charge in [-0.3, -0.25) is 0 Å². The molecule has 2 heterocycles. The first kappa shape index (κ1) is 14.3. The summed E-state index contributed by atoms with van der Waals surface area (Å²) >= 11 is 6.03. The number of para-hydroxylation sites is 2. The van der Waals surface area contributed by atoms with Crippen LogP contribution in [0.3, 0.4) is 0 Å². The minimum absolute atomic E-state index is 0.663. The Hall–Kier alpha value is -1.68. The molecule has 1 aromatic carbocycles. The van der Waals surface area contributed by atoms with Gasteiger partial charge in [-0.2, -0.15) is 0 Å². The molecule has 112 valence electrons. The van der Waals surface area contributed by atoms with Crippen LogP contribution >= 0.6 is 11.6 Å². The molecule has 0 spiro atoms. The van der Waals surface area contributed by atoms with Crippen LogP contribution < -0.4 is 10.2 Å². The number of nitrogens with zero attached hydrogens (tertiary/aromatic N) is 3. The highest BCUT2D eigenvalue weighted by atomic mass is 35.5. The number of rotatable bonds is 4. The number of hydrogen-bond acceptors (Lipinski definition) is 3. The average Bonchev–Trinajstić information content (AvgIpc) is 2.86. The summed E-state index contributed by atoms with van der Waals surface area (Å²) in [7, 11) is 1.93. The molecule has 1 aromatic heterocycles. The molecule has 5 heteroatoms. The highest BCUT2D eigenvalue weighted by molar-refractivity contribution is 6.29. The Bertz CT molecular complexity index is 602. The quantitative estimate of drug-likeness (QED) is 0.935. The summed E-state index contributed by atoms with van der Waals surface area (Å²) in [6, 6.07) is 8.50. The lowest BCUT2D eigenvalue weighted by molar-refractivity contribution is 0.578. The highest BCUT2D eigenvalue weighted by Crippen LogP contribution is 2.28. The summed E-state index contributed by atoms with van der Waals surface area (Å²) in [5, 5.41) is 4.16. The van der Waals surface area contributed by atoms with E-state index in [1.807, 2.05) is 11.6 Å². The molecule has 2 aromatic rings. The van der Waals surface area contributed by atoms with E-state index in [1.54, 1.807) is 6.20 Å². The summed E-state index contributed by atoms with van der Waals surface area (Å²) in [5.74, 6) is 0.938. The highest BCUT2D eigenvalue weighted by Gasteiger charge is 2.14. The van der Waals surface area contributed by atoms with Gasteiger partial charge in [0, 0.05) is 20.1 Å². The molecule has 21 heavy (non-hydrogen) atoms. The molecule has 1 aliphatic rings. The fraction of sp³-hybridized carbons (Fsp3) is 0.438. The molecule has 4 nitrogen and oxygen atoms in total. The van der Waals surface area contributed by atoms with Crippen LogP contribution in [0.4, 0.5) is 11.4 Å². The summed E-state index contributed by atoms with van der Waals surface area (Å²) < 4.78 is 1.90. The first-order valence-electron chi connectivity index (χ1n) is 7.49. The van der Waals surface area contributed by atoms with Gasteiger partial charge >= 0.3 is 0 Å². The van der Waals surface area contributed by atoms with Gasteiger partial charge in [0.15, 0.2) is 0 Å². The Balaban J connectivity index is 1.74. The van der Waals surface area contributed by atoms with Crippen molar-refractivity contribution in [3.63, 3.8) is 0 Å². The third-order valence-corrected chi connectivity index (χ3v) is 4.42. The first-order chi connectivity index (χ1) is 10.3. The molecule has 1 saturated heterocycles. The largest absolute Gasteiger partial charge is 0.376 e. The maximum atomic E-state index is 6.03. The predicted molar refractivity (Wildman–Crippen MR) is 88.1 cm³/mol. The molecule has 0 atom stereocenters. The van der Waals surface area contributed by atoms with Crippen molar-refractivity contribution in [2.75, 3.05) is 23.3 Å². The van der Waals surface area contributed by atoms with E-state index >= 15 is 0 Å². The number of piperidine rings is 1. The number of halogens is 1. The smallest absolute Gasteiger partial charge is 0.128 e. The van der Waals surface area contributed by atoms with Crippen molar-refractivity contribution in [1.29, 1.82) is 0 Å². The van der Waals surface area contributed by atoms with Gasteiger partial charge in [0.1, 0.15) is 11.0 Å². The van der Waals surface area contributed by atoms with Crippen molar-refractivity contribution in [2.24, 2.45) is 7.05 Å². The lowest BCUT2D eigenvalue weighted by Crippen LogP contribution is -2.30. The van der Waals surface area contributed by atoms with Crippen molar-refractivity contribution >= 4 is 23.0 Å². The monoisotopic (exact) mass is 304 g/mol. The van der Waals surface area contributed by atoms with E-state index in [1.165, 1.54) is 30.6 Å². The Morgan fingerprint density at radius 3 is 2.67 bits per heavy atom. The number of hydrogen-bond donors (Lipinski definition) is 1. The van der Waals surface area contributed by atoms with Gasteiger partial charge < -0.3 is 14.8 Å². The minimum Gasteiger partial charge on any atom is -0.376 e. The lowest BCUT2D eigenvalue weighted by atomic mass is 10.1. The van der Waals surface area contributed by atoms with Gasteiger partial charge in [-0.25, -0.2) is 4.98 Å². The van der Waals surface area contributed by atoms with E-state index in [-0.39, 0.29) is 0 Å². The maximum Gasteiger partial charge on any atom is 0.128 e. The molecule has 1 N–H and O–H groups in total. The first-order valence-corrected chi connectivity index (χ1v) is 7.87. The Labute approximate surface area is 130 Å². The second kappa shape index (κ2) is 6.39. The van der Waals surface area contributed by atoms with Gasteiger partial charge in [-0.15, -0.1) is 0 Å². The van der Waals surface area contributed by atoms with Crippen LogP contribution in [0, 0.1) is 0 Å². The van der Waals surface area contributed by atoms with E-state index in [4.69, 9.17) is 11.6 Å². The third kappa shape index (κ3) is 3.16. The van der Waals surface area contributed by atoms with Gasteiger partial charge in [0.25, 0.3) is 0 Å². The van der Waals surface area contributed by atoms with Crippen molar-refractivity contribution in [3.05, 3.63) is 41.4 Å². The number of anilines is 2. The van der Waals surface area contributed by atoms with Gasteiger partial charge in [-0.1, -0.05) is 23.7 Å². The zero-order valence-electron chi connectivity index (χ0n) is 12.3. The molecule has 1 fully saturated rings. The molecule has 0 amide bonds. The fourth-order valence-corrected chi connectivity index (χ4v) is 2.94. The van der Waals surface area contributed by atoms with Crippen LogP contribution in [0.15, 0.2) is 30.5 Å². The van der Waals surface area contributed by atoms with Crippen molar-refractivity contribution in [1.82, 2.24) is 9.55 Å². The molecule has 0 aliphatic carbocycles. The molecule has 0 radical (unpaired) electrons. The van der Waals surface area contributed by atoms with E-state index in [0.29, 0.717) is 11.7 Å². The molecular formula is C16H21ClN4. The summed E-state index contributed by atoms with van der Waals surface area (Å²) in [5.41, 5.74) is 2.45. The molecular weight excluding hydrogens is 284 g/mol. The zero-order chi connectivity index (χ0) is 14.7. The Morgan fingerprint density at radius 1 is 1.19 bits per heavy atom. The molecule has 0 bridgehead atoms. The zero-order valence-corrected chi connectivity index (χ0v) is 13.1. The van der Waals surface area contributed by atoms with E-state index in [9.17, 15) is 0 Å². The van der Waals surface area contributed by atoms with Crippen LogP contribution in [0.25, 0.3) is 0 Å². The number of aromatic nitrogens is 2. The number of benzene rings is 1. The van der Waals surface area contributed by atoms with Crippen LogP contribution in [-0.2, 0) is 13.6 Å². The van der Waals surface area contributed by atoms with E-state index in [0.717, 1.165) is 18.9 Å². The molecule has 0 saturated carbocycles. The van der Waals surface area contributed by atoms with Gasteiger partial charge in [0.2, 0.25) is 0 Å². The predicted octanol–water partition coefficient (Wildman–Crippen LogP) is 3.68. The normalized spacial score (nSPS) is 15.2. The standard InChI is InChI=1S/C16H21ClN4/c1-20-15(17)11-19-16(20)12-18-13-7-3-4-8-14(13)21-9-5-2-6-10-21/h3-4,7-8,11,18H,2,5-6,9-10,12H2,1H3. The van der Waals surface area contributed by atoms with Crippen LogP contribution in [0.1, 0.15) is 25.1 Å². The minimum atomic E-state index is 0.663. The molecule has 0 unspecified atom stereocenters. The summed E-state index contributed by atoms with van der Waals surface area (Å²) in [4.78, 5) is 6.80.